The average Bonchev–Trinajstić information content (AvgIpc) is 3.14. The molecule has 3 rings (SSSR count). The highest BCUT2D eigenvalue weighted by Gasteiger charge is 2.22. The maximum absolute atomic E-state index is 12.0. The number of carbonyl (C=O) groups excluding carboxylic acids is 1. The van der Waals surface area contributed by atoms with Crippen LogP contribution in [0.4, 0.5) is 5.13 Å². The lowest BCUT2D eigenvalue weighted by Crippen LogP contribution is -2.35. The lowest BCUT2D eigenvalue weighted by Gasteiger charge is -2.08. The molecule has 0 saturated carbocycles. The molecule has 4 nitrogen and oxygen atoms in total. The highest BCUT2D eigenvalue weighted by atomic mass is 35.5. The van der Waals surface area contributed by atoms with Gasteiger partial charge >= 0.3 is 0 Å². The number of rotatable bonds is 4. The Morgan fingerprint density at radius 2 is 2.32 bits per heavy atom. The molecule has 2 heterocycles. The fourth-order valence-corrected chi connectivity index (χ4v) is 3.63. The summed E-state index contributed by atoms with van der Waals surface area (Å²) < 4.78 is 0. The van der Waals surface area contributed by atoms with Crippen LogP contribution in [0.2, 0.25) is 10.0 Å². The minimum atomic E-state index is -0.102. The molecule has 7 heteroatoms. The van der Waals surface area contributed by atoms with Gasteiger partial charge < -0.3 is 10.6 Å². The first-order valence-electron chi connectivity index (χ1n) is 7.05. The zero-order chi connectivity index (χ0) is 15.5. The van der Waals surface area contributed by atoms with Crippen LogP contribution in [0.5, 0.6) is 0 Å². The number of nitrogens with one attached hydrogen (secondary N) is 2. The molecule has 1 aliphatic heterocycles. The van der Waals surface area contributed by atoms with Crippen LogP contribution < -0.4 is 10.6 Å². The Morgan fingerprint density at radius 1 is 1.45 bits per heavy atom. The lowest BCUT2D eigenvalue weighted by atomic mass is 10.1. The van der Waals surface area contributed by atoms with Gasteiger partial charge in [-0.25, -0.2) is 4.98 Å². The summed E-state index contributed by atoms with van der Waals surface area (Å²) in [6.07, 6.45) is 4.32. The number of hydrogen-bond donors (Lipinski definition) is 2. The van der Waals surface area contributed by atoms with Gasteiger partial charge in [-0.3, -0.25) is 4.79 Å². The predicted molar refractivity (Wildman–Crippen MR) is 91.0 cm³/mol. The number of thiazole rings is 1. The molecule has 1 aromatic heterocycles. The van der Waals surface area contributed by atoms with Crippen molar-refractivity contribution in [1.82, 2.24) is 10.3 Å². The summed E-state index contributed by atoms with van der Waals surface area (Å²) >= 11 is 13.6. The zero-order valence-electron chi connectivity index (χ0n) is 11.7. The minimum absolute atomic E-state index is 0.0146. The summed E-state index contributed by atoms with van der Waals surface area (Å²) in [5.74, 6) is -0.0146. The van der Waals surface area contributed by atoms with E-state index in [9.17, 15) is 4.79 Å². The molecule has 0 radical (unpaired) electrons. The van der Waals surface area contributed by atoms with Crippen molar-refractivity contribution in [1.29, 1.82) is 0 Å². The third-order valence-corrected chi connectivity index (χ3v) is 5.05. The van der Waals surface area contributed by atoms with Crippen LogP contribution in [0.1, 0.15) is 23.3 Å². The van der Waals surface area contributed by atoms with E-state index in [0.29, 0.717) is 21.6 Å². The van der Waals surface area contributed by atoms with Gasteiger partial charge in [0.1, 0.15) is 0 Å². The third kappa shape index (κ3) is 3.79. The van der Waals surface area contributed by atoms with Crippen LogP contribution in [-0.4, -0.2) is 23.5 Å². The molecule has 1 fully saturated rings. The lowest BCUT2D eigenvalue weighted by molar-refractivity contribution is -0.117. The molecule has 2 N–H and O–H groups in total. The topological polar surface area (TPSA) is 54.0 Å². The van der Waals surface area contributed by atoms with E-state index in [1.54, 1.807) is 18.3 Å². The number of carbonyl (C=O) groups is 1. The van der Waals surface area contributed by atoms with Crippen molar-refractivity contribution in [2.24, 2.45) is 0 Å². The second-order valence-electron chi connectivity index (χ2n) is 5.18. The van der Waals surface area contributed by atoms with Crippen molar-refractivity contribution in [3.63, 3.8) is 0 Å². The van der Waals surface area contributed by atoms with E-state index in [0.717, 1.165) is 29.8 Å². The summed E-state index contributed by atoms with van der Waals surface area (Å²) in [4.78, 5) is 17.3. The molecule has 1 saturated heterocycles. The van der Waals surface area contributed by atoms with Gasteiger partial charge in [-0.2, -0.15) is 0 Å². The van der Waals surface area contributed by atoms with E-state index < -0.39 is 0 Å². The minimum Gasteiger partial charge on any atom is -0.306 e. The van der Waals surface area contributed by atoms with Gasteiger partial charge in [0.05, 0.1) is 6.04 Å². The normalized spacial score (nSPS) is 17.6. The maximum atomic E-state index is 12.0. The standard InChI is InChI=1S/C15H15Cl2N3OS/c16-10-3-4-12(17)9(6-10)7-11-8-19-15(22-11)20-14(21)13-2-1-5-18-13/h3-4,6,8,13,18H,1-2,5,7H2,(H,19,20,21). The van der Waals surface area contributed by atoms with Crippen LogP contribution in [0.25, 0.3) is 0 Å². The van der Waals surface area contributed by atoms with Gasteiger partial charge in [-0.05, 0) is 43.1 Å². The molecule has 1 unspecified atom stereocenters. The van der Waals surface area contributed by atoms with Crippen molar-refractivity contribution in [2.45, 2.75) is 25.3 Å². The first kappa shape index (κ1) is 15.7. The van der Waals surface area contributed by atoms with E-state index in [-0.39, 0.29) is 11.9 Å². The van der Waals surface area contributed by atoms with Crippen molar-refractivity contribution in [2.75, 3.05) is 11.9 Å². The van der Waals surface area contributed by atoms with Crippen LogP contribution in [0.15, 0.2) is 24.4 Å². The molecule has 22 heavy (non-hydrogen) atoms. The average molecular weight is 356 g/mol. The van der Waals surface area contributed by atoms with Crippen LogP contribution in [0, 0.1) is 0 Å². The van der Waals surface area contributed by atoms with E-state index >= 15 is 0 Å². The van der Waals surface area contributed by atoms with Crippen molar-refractivity contribution < 1.29 is 4.79 Å². The van der Waals surface area contributed by atoms with E-state index in [2.05, 4.69) is 15.6 Å². The second kappa shape index (κ2) is 6.96. The molecule has 0 bridgehead atoms. The summed E-state index contributed by atoms with van der Waals surface area (Å²) in [6, 6.07) is 5.30. The summed E-state index contributed by atoms with van der Waals surface area (Å²) in [5.41, 5.74) is 0.952. The molecule has 116 valence electrons. The molecule has 0 spiro atoms. The fraction of sp³-hybridized carbons (Fsp3) is 0.333. The zero-order valence-corrected chi connectivity index (χ0v) is 14.1. The Morgan fingerprint density at radius 3 is 3.09 bits per heavy atom. The molecular formula is C15H15Cl2N3OS. The second-order valence-corrected chi connectivity index (χ2v) is 7.14. The fourth-order valence-electron chi connectivity index (χ4n) is 2.41. The van der Waals surface area contributed by atoms with Gasteiger partial charge in [-0.15, -0.1) is 11.3 Å². The summed E-state index contributed by atoms with van der Waals surface area (Å²) in [6.45, 7) is 0.897. The van der Waals surface area contributed by atoms with Gasteiger partial charge in [0.2, 0.25) is 5.91 Å². The molecule has 0 aliphatic carbocycles. The van der Waals surface area contributed by atoms with Gasteiger partial charge in [-0.1, -0.05) is 23.2 Å². The van der Waals surface area contributed by atoms with E-state index in [1.807, 2.05) is 6.07 Å². The molecular weight excluding hydrogens is 341 g/mol. The number of benzene rings is 1. The Labute approximate surface area is 142 Å². The summed E-state index contributed by atoms with van der Waals surface area (Å²) in [7, 11) is 0. The smallest absolute Gasteiger partial charge is 0.243 e. The quantitative estimate of drug-likeness (QED) is 0.878. The predicted octanol–water partition coefficient (Wildman–Crippen LogP) is 3.73. The largest absolute Gasteiger partial charge is 0.306 e. The molecule has 2 aromatic rings. The molecule has 1 aromatic carbocycles. The Kier molecular flexibility index (Phi) is 4.98. The van der Waals surface area contributed by atoms with Crippen LogP contribution in [-0.2, 0) is 11.2 Å². The van der Waals surface area contributed by atoms with Crippen LogP contribution >= 0.6 is 34.5 Å². The van der Waals surface area contributed by atoms with Crippen molar-refractivity contribution in [3.8, 4) is 0 Å². The number of nitrogens with zero attached hydrogens (tertiary/aromatic N) is 1. The highest BCUT2D eigenvalue weighted by molar-refractivity contribution is 7.15. The number of aromatic nitrogens is 1. The third-order valence-electron chi connectivity index (χ3n) is 3.53. The first-order chi connectivity index (χ1) is 10.6. The molecule has 1 atom stereocenters. The maximum Gasteiger partial charge on any atom is 0.243 e. The van der Waals surface area contributed by atoms with Gasteiger partial charge in [0, 0.05) is 27.5 Å². The SMILES string of the molecule is O=C(Nc1ncc(Cc2cc(Cl)ccc2Cl)s1)C1CCCN1. The Balaban J connectivity index is 1.65. The number of halogens is 2. The molecule has 1 amide bonds. The monoisotopic (exact) mass is 355 g/mol. The van der Waals surface area contributed by atoms with Gasteiger partial charge in [0.25, 0.3) is 0 Å². The van der Waals surface area contributed by atoms with Crippen molar-refractivity contribution >= 4 is 45.6 Å². The Hall–Kier alpha value is -1.14. The molecule has 1 aliphatic rings. The Bertz CT molecular complexity index is 683. The van der Waals surface area contributed by atoms with Crippen molar-refractivity contribution in [3.05, 3.63) is 44.9 Å². The summed E-state index contributed by atoms with van der Waals surface area (Å²) in [5, 5.41) is 7.99. The highest BCUT2D eigenvalue weighted by Crippen LogP contribution is 2.27. The number of amides is 1. The first-order valence-corrected chi connectivity index (χ1v) is 8.62. The number of hydrogen-bond acceptors (Lipinski definition) is 4. The number of anilines is 1. The van der Waals surface area contributed by atoms with Crippen LogP contribution in [0.3, 0.4) is 0 Å². The van der Waals surface area contributed by atoms with Gasteiger partial charge in [0.15, 0.2) is 5.13 Å². The van der Waals surface area contributed by atoms with E-state index in [1.165, 1.54) is 11.3 Å². The van der Waals surface area contributed by atoms with E-state index in [4.69, 9.17) is 23.2 Å².